The average Bonchev–Trinajstić information content (AvgIpc) is 2.55. The Kier molecular flexibility index (Phi) is 4.37. The van der Waals surface area contributed by atoms with Crippen molar-refractivity contribution in [2.75, 3.05) is 31.1 Å². The van der Waals surface area contributed by atoms with Crippen LogP contribution in [-0.4, -0.2) is 43.9 Å². The summed E-state index contributed by atoms with van der Waals surface area (Å²) in [7, 11) is -3.42. The summed E-state index contributed by atoms with van der Waals surface area (Å²) >= 11 is 0. The van der Waals surface area contributed by atoms with E-state index in [1.807, 2.05) is 38.1 Å². The normalized spacial score (nSPS) is 16.5. The Labute approximate surface area is 137 Å². The van der Waals surface area contributed by atoms with E-state index in [0.29, 0.717) is 31.1 Å². The van der Waals surface area contributed by atoms with Gasteiger partial charge in [-0.05, 0) is 37.6 Å². The number of sulfonamides is 1. The Morgan fingerprint density at radius 1 is 0.957 bits per heavy atom. The minimum Gasteiger partial charge on any atom is -0.369 e. The average molecular weight is 331 g/mol. The molecule has 1 fully saturated rings. The summed E-state index contributed by atoms with van der Waals surface area (Å²) in [4.78, 5) is 6.63. The number of rotatable bonds is 3. The number of hydrogen-bond acceptors (Lipinski definition) is 4. The molecule has 2 heterocycles. The van der Waals surface area contributed by atoms with Gasteiger partial charge in [0.15, 0.2) is 0 Å². The zero-order chi connectivity index (χ0) is 16.4. The molecule has 0 radical (unpaired) electrons. The van der Waals surface area contributed by atoms with Crippen LogP contribution in [0, 0.1) is 13.8 Å². The zero-order valence-corrected chi connectivity index (χ0v) is 14.3. The first-order chi connectivity index (χ1) is 11.0. The fraction of sp³-hybridized carbons (Fsp3) is 0.353. The Morgan fingerprint density at radius 2 is 1.61 bits per heavy atom. The summed E-state index contributed by atoms with van der Waals surface area (Å²) in [5, 5.41) is 0. The molecule has 0 spiro atoms. The first-order valence-electron chi connectivity index (χ1n) is 7.71. The third kappa shape index (κ3) is 3.23. The minimum atomic E-state index is -3.42. The molecule has 0 saturated carbocycles. The van der Waals surface area contributed by atoms with Crippen LogP contribution >= 0.6 is 0 Å². The molecule has 1 aromatic heterocycles. The molecule has 2 aromatic rings. The molecule has 0 aliphatic carbocycles. The number of nitrogens with zero attached hydrogens (tertiary/aromatic N) is 3. The molecular formula is C17H21N3O2S. The molecule has 0 bridgehead atoms. The van der Waals surface area contributed by atoms with Gasteiger partial charge in [-0.1, -0.05) is 17.7 Å². The molecule has 122 valence electrons. The number of hydrogen-bond donors (Lipinski definition) is 0. The fourth-order valence-electron chi connectivity index (χ4n) is 2.97. The number of piperazine rings is 1. The third-order valence-electron chi connectivity index (χ3n) is 4.21. The summed E-state index contributed by atoms with van der Waals surface area (Å²) < 4.78 is 27.3. The van der Waals surface area contributed by atoms with Gasteiger partial charge in [-0.2, -0.15) is 4.31 Å². The molecule has 0 atom stereocenters. The summed E-state index contributed by atoms with van der Waals surface area (Å²) in [6, 6.07) is 9.39. The van der Waals surface area contributed by atoms with Gasteiger partial charge in [0.25, 0.3) is 0 Å². The largest absolute Gasteiger partial charge is 0.369 e. The van der Waals surface area contributed by atoms with Gasteiger partial charge in [0.05, 0.1) is 4.90 Å². The standard InChI is InChI=1S/C17H21N3O2S/c1-14-3-4-17(15(2)13-14)23(21,22)20-11-9-19(10-12-20)16-5-7-18-8-6-16/h3-8,13H,9-12H2,1-2H3. The molecular weight excluding hydrogens is 310 g/mol. The summed E-state index contributed by atoms with van der Waals surface area (Å²) in [5.74, 6) is 0. The molecule has 23 heavy (non-hydrogen) atoms. The third-order valence-corrected chi connectivity index (χ3v) is 6.27. The highest BCUT2D eigenvalue weighted by atomic mass is 32.2. The van der Waals surface area contributed by atoms with Crippen LogP contribution in [0.3, 0.4) is 0 Å². The van der Waals surface area contributed by atoms with E-state index in [1.54, 1.807) is 22.8 Å². The van der Waals surface area contributed by atoms with Crippen LogP contribution in [0.4, 0.5) is 5.69 Å². The maximum Gasteiger partial charge on any atom is 0.243 e. The van der Waals surface area contributed by atoms with Crippen molar-refractivity contribution in [2.24, 2.45) is 0 Å². The van der Waals surface area contributed by atoms with E-state index >= 15 is 0 Å². The minimum absolute atomic E-state index is 0.417. The predicted molar refractivity (Wildman–Crippen MR) is 91.1 cm³/mol. The van der Waals surface area contributed by atoms with Crippen LogP contribution in [0.2, 0.25) is 0 Å². The molecule has 6 heteroatoms. The second kappa shape index (κ2) is 6.29. The molecule has 1 saturated heterocycles. The van der Waals surface area contributed by atoms with Crippen molar-refractivity contribution in [3.63, 3.8) is 0 Å². The summed E-state index contributed by atoms with van der Waals surface area (Å²) in [6.07, 6.45) is 3.52. The fourth-order valence-corrected chi connectivity index (χ4v) is 4.60. The number of aryl methyl sites for hydroxylation is 2. The van der Waals surface area contributed by atoms with Crippen molar-refractivity contribution in [3.05, 3.63) is 53.9 Å². The van der Waals surface area contributed by atoms with E-state index in [-0.39, 0.29) is 0 Å². The van der Waals surface area contributed by atoms with E-state index in [9.17, 15) is 8.42 Å². The Hall–Kier alpha value is -1.92. The molecule has 5 nitrogen and oxygen atoms in total. The van der Waals surface area contributed by atoms with Gasteiger partial charge >= 0.3 is 0 Å². The second-order valence-corrected chi connectivity index (χ2v) is 7.77. The SMILES string of the molecule is Cc1ccc(S(=O)(=O)N2CCN(c3ccncc3)CC2)c(C)c1. The maximum atomic E-state index is 12.9. The maximum absolute atomic E-state index is 12.9. The van der Waals surface area contributed by atoms with Crippen molar-refractivity contribution in [1.82, 2.24) is 9.29 Å². The first-order valence-corrected chi connectivity index (χ1v) is 9.15. The Balaban J connectivity index is 1.76. The molecule has 1 aliphatic rings. The Bertz CT molecular complexity index is 783. The van der Waals surface area contributed by atoms with Crippen molar-refractivity contribution >= 4 is 15.7 Å². The van der Waals surface area contributed by atoms with E-state index in [0.717, 1.165) is 16.8 Å². The smallest absolute Gasteiger partial charge is 0.243 e. The lowest BCUT2D eigenvalue weighted by Gasteiger charge is -2.35. The van der Waals surface area contributed by atoms with Gasteiger partial charge in [-0.3, -0.25) is 4.98 Å². The number of benzene rings is 1. The summed E-state index contributed by atoms with van der Waals surface area (Å²) in [5.41, 5.74) is 2.97. The highest BCUT2D eigenvalue weighted by Gasteiger charge is 2.29. The lowest BCUT2D eigenvalue weighted by molar-refractivity contribution is 0.384. The van der Waals surface area contributed by atoms with Gasteiger partial charge in [0, 0.05) is 44.3 Å². The lowest BCUT2D eigenvalue weighted by atomic mass is 10.2. The van der Waals surface area contributed by atoms with Gasteiger partial charge in [-0.25, -0.2) is 8.42 Å². The van der Waals surface area contributed by atoms with Gasteiger partial charge in [0.2, 0.25) is 10.0 Å². The highest BCUT2D eigenvalue weighted by molar-refractivity contribution is 7.89. The van der Waals surface area contributed by atoms with Crippen LogP contribution in [0.5, 0.6) is 0 Å². The molecule has 3 rings (SSSR count). The van der Waals surface area contributed by atoms with Crippen molar-refractivity contribution in [3.8, 4) is 0 Å². The van der Waals surface area contributed by atoms with Crippen molar-refractivity contribution < 1.29 is 8.42 Å². The van der Waals surface area contributed by atoms with Gasteiger partial charge in [-0.15, -0.1) is 0 Å². The molecule has 1 aliphatic heterocycles. The van der Waals surface area contributed by atoms with Crippen molar-refractivity contribution in [1.29, 1.82) is 0 Å². The van der Waals surface area contributed by atoms with Gasteiger partial charge < -0.3 is 4.90 Å². The quantitative estimate of drug-likeness (QED) is 0.865. The van der Waals surface area contributed by atoms with Crippen LogP contribution in [0.25, 0.3) is 0 Å². The number of pyridine rings is 1. The molecule has 0 N–H and O–H groups in total. The zero-order valence-electron chi connectivity index (χ0n) is 13.4. The first kappa shape index (κ1) is 16.0. The van der Waals surface area contributed by atoms with Crippen LogP contribution in [-0.2, 0) is 10.0 Å². The van der Waals surface area contributed by atoms with Crippen LogP contribution in [0.15, 0.2) is 47.6 Å². The van der Waals surface area contributed by atoms with E-state index in [1.165, 1.54) is 0 Å². The van der Waals surface area contributed by atoms with Gasteiger partial charge in [0.1, 0.15) is 0 Å². The summed E-state index contributed by atoms with van der Waals surface area (Å²) in [6.45, 7) is 6.20. The van der Waals surface area contributed by atoms with Crippen LogP contribution in [0.1, 0.15) is 11.1 Å². The number of anilines is 1. The van der Waals surface area contributed by atoms with Crippen LogP contribution < -0.4 is 4.90 Å². The number of aromatic nitrogens is 1. The Morgan fingerprint density at radius 3 is 2.22 bits per heavy atom. The van der Waals surface area contributed by atoms with E-state index in [2.05, 4.69) is 9.88 Å². The second-order valence-electron chi connectivity index (χ2n) is 5.87. The molecule has 1 aromatic carbocycles. The molecule has 0 unspecified atom stereocenters. The van der Waals surface area contributed by atoms with E-state index in [4.69, 9.17) is 0 Å². The topological polar surface area (TPSA) is 53.5 Å². The molecule has 0 amide bonds. The van der Waals surface area contributed by atoms with E-state index < -0.39 is 10.0 Å². The monoisotopic (exact) mass is 331 g/mol. The lowest BCUT2D eigenvalue weighted by Crippen LogP contribution is -2.48. The highest BCUT2D eigenvalue weighted by Crippen LogP contribution is 2.23. The predicted octanol–water partition coefficient (Wildman–Crippen LogP) is 2.21. The van der Waals surface area contributed by atoms with Crippen molar-refractivity contribution in [2.45, 2.75) is 18.7 Å².